The van der Waals surface area contributed by atoms with E-state index in [9.17, 15) is 9.59 Å². The fraction of sp³-hybridized carbons (Fsp3) is 0.750. The van der Waals surface area contributed by atoms with Crippen LogP contribution in [0.5, 0.6) is 0 Å². The van der Waals surface area contributed by atoms with Crippen LogP contribution in [0.3, 0.4) is 0 Å². The quantitative estimate of drug-likeness (QED) is 0.595. The number of morpholine rings is 1. The zero-order valence-electron chi connectivity index (χ0n) is 7.32. The van der Waals surface area contributed by atoms with Gasteiger partial charge in [-0.1, -0.05) is 0 Å². The molecule has 0 saturated carbocycles. The number of carboxylic acids is 1. The van der Waals surface area contributed by atoms with E-state index in [0.717, 1.165) is 0 Å². The molecule has 0 radical (unpaired) electrons. The summed E-state index contributed by atoms with van der Waals surface area (Å²) in [6, 6.07) is 0. The van der Waals surface area contributed by atoms with Crippen molar-refractivity contribution >= 4 is 11.9 Å². The van der Waals surface area contributed by atoms with Crippen LogP contribution in [0.1, 0.15) is 13.3 Å². The molecule has 2 rings (SSSR count). The maximum atomic E-state index is 11.2. The summed E-state index contributed by atoms with van der Waals surface area (Å²) in [5.74, 6) is -1.14. The maximum absolute atomic E-state index is 11.2. The van der Waals surface area contributed by atoms with Crippen LogP contribution in [0, 0.1) is 0 Å². The molecule has 72 valence electrons. The molecule has 1 amide bonds. The van der Waals surface area contributed by atoms with Gasteiger partial charge in [0.25, 0.3) is 0 Å². The Balaban J connectivity index is 2.32. The van der Waals surface area contributed by atoms with Crippen LogP contribution >= 0.6 is 0 Å². The fourth-order valence-electron chi connectivity index (χ4n) is 2.13. The van der Waals surface area contributed by atoms with Crippen molar-refractivity contribution in [1.82, 2.24) is 4.90 Å². The lowest BCUT2D eigenvalue weighted by atomic mass is 9.99. The Morgan fingerprint density at radius 3 is 2.69 bits per heavy atom. The van der Waals surface area contributed by atoms with Crippen molar-refractivity contribution in [2.24, 2.45) is 0 Å². The second kappa shape index (κ2) is 2.45. The summed E-state index contributed by atoms with van der Waals surface area (Å²) in [5, 5.41) is 9.04. The van der Waals surface area contributed by atoms with E-state index in [-0.39, 0.29) is 18.6 Å². The number of amides is 1. The van der Waals surface area contributed by atoms with E-state index in [4.69, 9.17) is 9.84 Å². The summed E-state index contributed by atoms with van der Waals surface area (Å²) in [6.07, 6.45) is 0.349. The minimum atomic E-state index is -1.07. The average molecular weight is 185 g/mol. The van der Waals surface area contributed by atoms with E-state index >= 15 is 0 Å². The summed E-state index contributed by atoms with van der Waals surface area (Å²) in [7, 11) is 0. The number of carbonyl (C=O) groups excluding carboxylic acids is 1. The van der Waals surface area contributed by atoms with Crippen molar-refractivity contribution in [1.29, 1.82) is 0 Å². The molecule has 2 aliphatic rings. The molecule has 2 unspecified atom stereocenters. The zero-order valence-corrected chi connectivity index (χ0v) is 7.32. The third-order valence-electron chi connectivity index (χ3n) is 2.80. The van der Waals surface area contributed by atoms with Crippen LogP contribution in [0.15, 0.2) is 0 Å². The molecule has 5 nitrogen and oxygen atoms in total. The highest BCUT2D eigenvalue weighted by molar-refractivity contribution is 5.87. The number of aliphatic carboxylic acids is 1. The van der Waals surface area contributed by atoms with Gasteiger partial charge in [0.15, 0.2) is 5.54 Å². The molecule has 2 atom stereocenters. The number of nitrogens with zero attached hydrogens (tertiary/aromatic N) is 1. The van der Waals surface area contributed by atoms with E-state index in [2.05, 4.69) is 0 Å². The Morgan fingerprint density at radius 2 is 2.31 bits per heavy atom. The molecule has 2 saturated heterocycles. The van der Waals surface area contributed by atoms with Gasteiger partial charge in [0.05, 0.1) is 12.7 Å². The van der Waals surface area contributed by atoms with Gasteiger partial charge in [0, 0.05) is 19.9 Å². The van der Waals surface area contributed by atoms with Crippen molar-refractivity contribution in [3.63, 3.8) is 0 Å². The van der Waals surface area contributed by atoms with Crippen LogP contribution < -0.4 is 0 Å². The highest BCUT2D eigenvalue weighted by Gasteiger charge is 2.58. The third kappa shape index (κ3) is 0.966. The number of fused-ring (bicyclic) bond motifs is 2. The lowest BCUT2D eigenvalue weighted by molar-refractivity contribution is -0.160. The molecule has 5 heteroatoms. The molecule has 0 aromatic heterocycles. The lowest BCUT2D eigenvalue weighted by Crippen LogP contribution is -2.55. The monoisotopic (exact) mass is 185 g/mol. The predicted octanol–water partition coefficient (Wildman–Crippen LogP) is -0.539. The smallest absolute Gasteiger partial charge is 0.332 e. The molecule has 2 aliphatic heterocycles. The summed E-state index contributed by atoms with van der Waals surface area (Å²) < 4.78 is 5.22. The van der Waals surface area contributed by atoms with Gasteiger partial charge in [-0.2, -0.15) is 0 Å². The molecule has 13 heavy (non-hydrogen) atoms. The Labute approximate surface area is 75.3 Å². The third-order valence-corrected chi connectivity index (χ3v) is 2.80. The molecular weight excluding hydrogens is 174 g/mol. The normalized spacial score (nSPS) is 36.7. The van der Waals surface area contributed by atoms with Crippen LogP contribution in [-0.4, -0.2) is 46.7 Å². The number of ether oxygens (including phenoxy) is 1. The molecule has 2 heterocycles. The Kier molecular flexibility index (Phi) is 1.60. The minimum Gasteiger partial charge on any atom is -0.479 e. The standard InChI is InChI=1S/C8H11NO4/c1-5(10)9-3-6-2-8(9,4-13-6)7(11)12/h6H,2-4H2,1H3,(H,11,12). The summed E-state index contributed by atoms with van der Waals surface area (Å²) >= 11 is 0. The van der Waals surface area contributed by atoms with Crippen molar-refractivity contribution < 1.29 is 19.4 Å². The number of carboxylic acid groups (broad SMARTS) is 1. The van der Waals surface area contributed by atoms with Crippen LogP contribution in [0.4, 0.5) is 0 Å². The lowest BCUT2D eigenvalue weighted by Gasteiger charge is -2.33. The first-order valence-electron chi connectivity index (χ1n) is 4.19. The molecule has 0 aliphatic carbocycles. The van der Waals surface area contributed by atoms with Crippen molar-refractivity contribution in [3.05, 3.63) is 0 Å². The van der Waals surface area contributed by atoms with Gasteiger partial charge in [-0.25, -0.2) is 4.79 Å². The average Bonchev–Trinajstić information content (AvgIpc) is 2.60. The van der Waals surface area contributed by atoms with E-state index in [1.165, 1.54) is 11.8 Å². The maximum Gasteiger partial charge on any atom is 0.332 e. The fourth-order valence-corrected chi connectivity index (χ4v) is 2.13. The van der Waals surface area contributed by atoms with Gasteiger partial charge in [-0.3, -0.25) is 4.79 Å². The van der Waals surface area contributed by atoms with Gasteiger partial charge < -0.3 is 14.7 Å². The van der Waals surface area contributed by atoms with Crippen molar-refractivity contribution in [2.75, 3.05) is 13.2 Å². The summed E-state index contributed by atoms with van der Waals surface area (Å²) in [6.45, 7) is 1.94. The molecule has 2 bridgehead atoms. The van der Waals surface area contributed by atoms with E-state index in [1.54, 1.807) is 0 Å². The molecule has 1 N–H and O–H groups in total. The number of hydrogen-bond donors (Lipinski definition) is 1. The highest BCUT2D eigenvalue weighted by Crippen LogP contribution is 2.38. The van der Waals surface area contributed by atoms with Gasteiger partial charge in [-0.05, 0) is 0 Å². The van der Waals surface area contributed by atoms with E-state index in [0.29, 0.717) is 13.0 Å². The largest absolute Gasteiger partial charge is 0.479 e. The van der Waals surface area contributed by atoms with Crippen molar-refractivity contribution in [2.45, 2.75) is 25.0 Å². The molecular formula is C8H11NO4. The number of hydrogen-bond acceptors (Lipinski definition) is 3. The summed E-state index contributed by atoms with van der Waals surface area (Å²) in [5.41, 5.74) is -1.07. The molecule has 0 spiro atoms. The first-order chi connectivity index (χ1) is 6.06. The van der Waals surface area contributed by atoms with Gasteiger partial charge >= 0.3 is 5.97 Å². The molecule has 0 aromatic rings. The van der Waals surface area contributed by atoms with Crippen LogP contribution in [-0.2, 0) is 14.3 Å². The topological polar surface area (TPSA) is 66.8 Å². The Morgan fingerprint density at radius 1 is 1.62 bits per heavy atom. The van der Waals surface area contributed by atoms with Crippen LogP contribution in [0.25, 0.3) is 0 Å². The first-order valence-corrected chi connectivity index (χ1v) is 4.19. The Bertz CT molecular complexity index is 277. The number of rotatable bonds is 1. The summed E-state index contributed by atoms with van der Waals surface area (Å²) in [4.78, 5) is 23.6. The van der Waals surface area contributed by atoms with E-state index < -0.39 is 11.5 Å². The number of carbonyl (C=O) groups is 2. The SMILES string of the molecule is CC(=O)N1CC2CC1(C(=O)O)CO2. The second-order valence-electron chi connectivity index (χ2n) is 3.60. The van der Waals surface area contributed by atoms with Crippen LogP contribution in [0.2, 0.25) is 0 Å². The first kappa shape index (κ1) is 8.50. The van der Waals surface area contributed by atoms with E-state index in [1.807, 2.05) is 0 Å². The number of likely N-dealkylation sites (tertiary alicyclic amines) is 1. The second-order valence-corrected chi connectivity index (χ2v) is 3.60. The molecule has 2 fully saturated rings. The van der Waals surface area contributed by atoms with Gasteiger partial charge in [0.1, 0.15) is 0 Å². The Hall–Kier alpha value is -1.10. The molecule has 0 aromatic carbocycles. The zero-order chi connectivity index (χ0) is 9.64. The predicted molar refractivity (Wildman–Crippen MR) is 42.1 cm³/mol. The van der Waals surface area contributed by atoms with Gasteiger partial charge in [-0.15, -0.1) is 0 Å². The van der Waals surface area contributed by atoms with Crippen molar-refractivity contribution in [3.8, 4) is 0 Å². The highest BCUT2D eigenvalue weighted by atomic mass is 16.5. The van der Waals surface area contributed by atoms with Gasteiger partial charge in [0.2, 0.25) is 5.91 Å². The minimum absolute atomic E-state index is 0.0833.